The van der Waals surface area contributed by atoms with Crippen LogP contribution < -0.4 is 10.7 Å². The number of carboxylic acids is 1. The number of pyridine rings is 1. The van der Waals surface area contributed by atoms with Crippen LogP contribution >= 0.6 is 0 Å². The number of aromatic amines is 1. The van der Waals surface area contributed by atoms with Crippen LogP contribution in [0, 0.1) is 6.92 Å². The maximum atomic E-state index is 11.7. The highest BCUT2D eigenvalue weighted by molar-refractivity contribution is 5.98. The fourth-order valence-electron chi connectivity index (χ4n) is 1.55. The van der Waals surface area contributed by atoms with E-state index in [1.54, 1.807) is 6.92 Å². The van der Waals surface area contributed by atoms with Gasteiger partial charge in [-0.25, -0.2) is 4.79 Å². The minimum atomic E-state index is -1.17. The molecule has 1 saturated carbocycles. The van der Waals surface area contributed by atoms with Gasteiger partial charge in [0.1, 0.15) is 11.1 Å². The molecular weight excluding hydrogens is 224 g/mol. The summed E-state index contributed by atoms with van der Waals surface area (Å²) in [7, 11) is 0. The molecule has 0 atom stereocenters. The molecule has 1 amide bonds. The van der Waals surface area contributed by atoms with E-state index in [2.05, 4.69) is 10.3 Å². The third kappa shape index (κ3) is 2.06. The standard InChI is InChI=1S/C11H12N2O4/c1-6-4-8(14)7(5-12-6)9(15)13-11(2-3-11)10(16)17/h4-5H,2-3H2,1H3,(H,12,14)(H,13,15)(H,16,17). The summed E-state index contributed by atoms with van der Waals surface area (Å²) in [5, 5.41) is 11.3. The van der Waals surface area contributed by atoms with Gasteiger partial charge in [0.15, 0.2) is 5.43 Å². The van der Waals surface area contributed by atoms with Gasteiger partial charge in [-0.05, 0) is 19.8 Å². The van der Waals surface area contributed by atoms with Crippen LogP contribution in [0.4, 0.5) is 0 Å². The second kappa shape index (κ2) is 3.73. The van der Waals surface area contributed by atoms with Crippen LogP contribution in [0.1, 0.15) is 28.9 Å². The number of hydrogen-bond acceptors (Lipinski definition) is 3. The van der Waals surface area contributed by atoms with Crippen LogP contribution in [0.25, 0.3) is 0 Å². The average molecular weight is 236 g/mol. The Kier molecular flexibility index (Phi) is 2.49. The summed E-state index contributed by atoms with van der Waals surface area (Å²) in [5.41, 5.74) is -1.01. The quantitative estimate of drug-likeness (QED) is 0.689. The van der Waals surface area contributed by atoms with E-state index >= 15 is 0 Å². The van der Waals surface area contributed by atoms with E-state index in [1.165, 1.54) is 12.3 Å². The van der Waals surface area contributed by atoms with Gasteiger partial charge >= 0.3 is 5.97 Å². The summed E-state index contributed by atoms with van der Waals surface area (Å²) >= 11 is 0. The molecule has 1 heterocycles. The summed E-state index contributed by atoms with van der Waals surface area (Å²) in [6, 6.07) is 1.30. The number of hydrogen-bond donors (Lipinski definition) is 3. The molecule has 0 aromatic carbocycles. The normalized spacial score (nSPS) is 16.3. The SMILES string of the molecule is Cc1cc(=O)c(C(=O)NC2(C(=O)O)CC2)c[nH]1. The zero-order valence-corrected chi connectivity index (χ0v) is 9.24. The third-order valence-corrected chi connectivity index (χ3v) is 2.81. The first-order valence-corrected chi connectivity index (χ1v) is 5.20. The molecule has 90 valence electrons. The molecule has 1 aromatic rings. The maximum Gasteiger partial charge on any atom is 0.329 e. The Bertz CT molecular complexity index is 543. The lowest BCUT2D eigenvalue weighted by atomic mass is 10.2. The molecule has 1 fully saturated rings. The minimum absolute atomic E-state index is 0.0666. The first kappa shape index (κ1) is 11.4. The van der Waals surface area contributed by atoms with Crippen LogP contribution in [0.15, 0.2) is 17.1 Å². The smallest absolute Gasteiger partial charge is 0.329 e. The number of rotatable bonds is 3. The molecule has 0 bridgehead atoms. The molecule has 0 saturated heterocycles. The maximum absolute atomic E-state index is 11.7. The molecule has 1 aliphatic rings. The summed E-state index contributed by atoms with van der Waals surface area (Å²) in [5.74, 6) is -1.71. The number of aliphatic carboxylic acids is 1. The first-order chi connectivity index (χ1) is 7.94. The monoisotopic (exact) mass is 236 g/mol. The minimum Gasteiger partial charge on any atom is -0.480 e. The molecule has 0 unspecified atom stereocenters. The van der Waals surface area contributed by atoms with E-state index in [4.69, 9.17) is 5.11 Å². The Morgan fingerprint density at radius 3 is 2.59 bits per heavy atom. The highest BCUT2D eigenvalue weighted by atomic mass is 16.4. The molecule has 0 spiro atoms. The Balaban J connectivity index is 2.21. The van der Waals surface area contributed by atoms with E-state index in [0.717, 1.165) is 0 Å². The largest absolute Gasteiger partial charge is 0.480 e. The van der Waals surface area contributed by atoms with Crippen molar-refractivity contribution < 1.29 is 14.7 Å². The van der Waals surface area contributed by atoms with Crippen LogP contribution in [-0.4, -0.2) is 27.5 Å². The Labute approximate surface area is 96.7 Å². The van der Waals surface area contributed by atoms with E-state index in [1.807, 2.05) is 0 Å². The van der Waals surface area contributed by atoms with Crippen molar-refractivity contribution in [2.75, 3.05) is 0 Å². The van der Waals surface area contributed by atoms with Crippen LogP contribution in [0.2, 0.25) is 0 Å². The second-order valence-corrected chi connectivity index (χ2v) is 4.24. The zero-order valence-electron chi connectivity index (χ0n) is 9.24. The Morgan fingerprint density at radius 2 is 2.12 bits per heavy atom. The number of H-pyrrole nitrogens is 1. The number of carbonyl (C=O) groups excluding carboxylic acids is 1. The molecule has 17 heavy (non-hydrogen) atoms. The van der Waals surface area contributed by atoms with Crippen molar-refractivity contribution in [3.8, 4) is 0 Å². The Hall–Kier alpha value is -2.11. The lowest BCUT2D eigenvalue weighted by molar-refractivity contribution is -0.140. The number of carbonyl (C=O) groups is 2. The molecule has 3 N–H and O–H groups in total. The van der Waals surface area contributed by atoms with Gasteiger partial charge in [0.2, 0.25) is 0 Å². The molecule has 1 aromatic heterocycles. The van der Waals surface area contributed by atoms with Crippen molar-refractivity contribution in [1.82, 2.24) is 10.3 Å². The number of amides is 1. The fraction of sp³-hybridized carbons (Fsp3) is 0.364. The van der Waals surface area contributed by atoms with Crippen LogP contribution in [0.3, 0.4) is 0 Å². The summed E-state index contributed by atoms with van der Waals surface area (Å²) in [6.45, 7) is 1.70. The molecule has 1 aliphatic carbocycles. The second-order valence-electron chi connectivity index (χ2n) is 4.24. The van der Waals surface area contributed by atoms with Gasteiger partial charge in [-0.3, -0.25) is 9.59 Å². The van der Waals surface area contributed by atoms with Gasteiger partial charge in [-0.2, -0.15) is 0 Å². The summed E-state index contributed by atoms with van der Waals surface area (Å²) < 4.78 is 0. The van der Waals surface area contributed by atoms with Crippen molar-refractivity contribution >= 4 is 11.9 Å². The number of nitrogens with one attached hydrogen (secondary N) is 2. The molecule has 0 radical (unpaired) electrons. The van der Waals surface area contributed by atoms with Crippen molar-refractivity contribution in [2.45, 2.75) is 25.3 Å². The van der Waals surface area contributed by atoms with Gasteiger partial charge in [0.05, 0.1) is 0 Å². The predicted octanol–water partition coefficient (Wildman–Crippen LogP) is 0.0303. The van der Waals surface area contributed by atoms with E-state index in [-0.39, 0.29) is 5.56 Å². The van der Waals surface area contributed by atoms with Crippen molar-refractivity contribution in [3.05, 3.63) is 33.7 Å². The predicted molar refractivity (Wildman–Crippen MR) is 58.9 cm³/mol. The van der Waals surface area contributed by atoms with Gasteiger partial charge < -0.3 is 15.4 Å². The van der Waals surface area contributed by atoms with Crippen LogP contribution in [0.5, 0.6) is 0 Å². The Morgan fingerprint density at radius 1 is 1.47 bits per heavy atom. The van der Waals surface area contributed by atoms with Crippen molar-refractivity contribution in [1.29, 1.82) is 0 Å². The third-order valence-electron chi connectivity index (χ3n) is 2.81. The highest BCUT2D eigenvalue weighted by Crippen LogP contribution is 2.35. The summed E-state index contributed by atoms with van der Waals surface area (Å²) in [4.78, 5) is 36.9. The fourth-order valence-corrected chi connectivity index (χ4v) is 1.55. The topological polar surface area (TPSA) is 99.3 Å². The summed E-state index contributed by atoms with van der Waals surface area (Å²) in [6.07, 6.45) is 2.10. The zero-order chi connectivity index (χ0) is 12.6. The van der Waals surface area contributed by atoms with Crippen molar-refractivity contribution in [3.63, 3.8) is 0 Å². The lowest BCUT2D eigenvalue weighted by Gasteiger charge is -2.11. The molecule has 6 nitrogen and oxygen atoms in total. The van der Waals surface area contributed by atoms with Gasteiger partial charge in [0.25, 0.3) is 5.91 Å². The van der Waals surface area contributed by atoms with Crippen LogP contribution in [-0.2, 0) is 4.79 Å². The highest BCUT2D eigenvalue weighted by Gasteiger charge is 2.51. The van der Waals surface area contributed by atoms with E-state index in [0.29, 0.717) is 18.5 Å². The molecule has 0 aliphatic heterocycles. The average Bonchev–Trinajstić information content (AvgIpc) is 2.98. The van der Waals surface area contributed by atoms with Gasteiger partial charge in [-0.15, -0.1) is 0 Å². The molecule has 6 heteroatoms. The van der Waals surface area contributed by atoms with E-state index in [9.17, 15) is 14.4 Å². The molecule has 2 rings (SSSR count). The number of aryl methyl sites for hydroxylation is 1. The lowest BCUT2D eigenvalue weighted by Crippen LogP contribution is -2.44. The van der Waals surface area contributed by atoms with Crippen molar-refractivity contribution in [2.24, 2.45) is 0 Å². The first-order valence-electron chi connectivity index (χ1n) is 5.20. The van der Waals surface area contributed by atoms with E-state index < -0.39 is 22.8 Å². The number of carboxylic acid groups (broad SMARTS) is 1. The molecular formula is C11H12N2O4. The number of aromatic nitrogens is 1. The van der Waals surface area contributed by atoms with Gasteiger partial charge in [-0.1, -0.05) is 0 Å². The van der Waals surface area contributed by atoms with Gasteiger partial charge in [0, 0.05) is 18.0 Å².